The first kappa shape index (κ1) is 20.9. The highest BCUT2D eigenvalue weighted by molar-refractivity contribution is 7.17. The molecule has 0 atom stereocenters. The van der Waals surface area contributed by atoms with Gasteiger partial charge < -0.3 is 14.8 Å². The molecule has 2 rings (SSSR count). The Hall–Kier alpha value is -2.45. The van der Waals surface area contributed by atoms with Crippen molar-refractivity contribution < 1.29 is 23.9 Å². The smallest absolute Gasteiger partial charge is 0.350 e. The van der Waals surface area contributed by atoms with E-state index < -0.39 is 5.97 Å². The lowest BCUT2D eigenvalue weighted by molar-refractivity contribution is -0.116. The Morgan fingerprint density at radius 2 is 2.00 bits per heavy atom. The Labute approximate surface area is 165 Å². The highest BCUT2D eigenvalue weighted by Gasteiger charge is 2.19. The van der Waals surface area contributed by atoms with Crippen molar-refractivity contribution in [1.82, 2.24) is 4.98 Å². The van der Waals surface area contributed by atoms with Gasteiger partial charge >= 0.3 is 5.97 Å². The minimum atomic E-state index is -0.476. The molecule has 9 heteroatoms. The van der Waals surface area contributed by atoms with Crippen LogP contribution in [0.5, 0.6) is 5.75 Å². The largest absolute Gasteiger partial charge is 0.496 e. The molecule has 2 aromatic rings. The number of nitrogens with one attached hydrogen (secondary N) is 1. The summed E-state index contributed by atoms with van der Waals surface area (Å²) in [5, 5.41) is 3.29. The van der Waals surface area contributed by atoms with E-state index in [9.17, 15) is 14.4 Å². The Balaban J connectivity index is 1.97. The van der Waals surface area contributed by atoms with Crippen LogP contribution in [0, 0.1) is 6.92 Å². The second-order valence-corrected chi connectivity index (χ2v) is 6.91. The first-order chi connectivity index (χ1) is 12.8. The lowest BCUT2D eigenvalue weighted by atomic mass is 10.1. The van der Waals surface area contributed by atoms with E-state index in [1.54, 1.807) is 26.0 Å². The molecule has 7 nitrogen and oxygen atoms in total. The number of carbonyl (C=O) groups excluding carboxylic acids is 3. The number of benzene rings is 1. The van der Waals surface area contributed by atoms with Crippen LogP contribution in [0.15, 0.2) is 18.2 Å². The van der Waals surface area contributed by atoms with Gasteiger partial charge in [-0.1, -0.05) is 22.9 Å². The van der Waals surface area contributed by atoms with E-state index >= 15 is 0 Å². The van der Waals surface area contributed by atoms with E-state index in [1.165, 1.54) is 13.2 Å². The zero-order valence-corrected chi connectivity index (χ0v) is 16.7. The fourth-order valence-corrected chi connectivity index (χ4v) is 3.33. The van der Waals surface area contributed by atoms with Crippen LogP contribution in [0.25, 0.3) is 0 Å². The van der Waals surface area contributed by atoms with Crippen LogP contribution >= 0.6 is 22.9 Å². The molecule has 0 aliphatic heterocycles. The predicted octanol–water partition coefficient (Wildman–Crippen LogP) is 3.89. The molecule has 0 saturated heterocycles. The molecule has 0 fully saturated rings. The van der Waals surface area contributed by atoms with Crippen LogP contribution in [0.4, 0.5) is 5.13 Å². The number of halogens is 1. The van der Waals surface area contributed by atoms with E-state index in [2.05, 4.69) is 10.3 Å². The Morgan fingerprint density at radius 3 is 2.67 bits per heavy atom. The fraction of sp³-hybridized carbons (Fsp3) is 0.333. The molecule has 0 spiro atoms. The molecular formula is C18H19ClN2O5S. The molecule has 27 heavy (non-hydrogen) atoms. The van der Waals surface area contributed by atoms with Crippen molar-refractivity contribution in [2.75, 3.05) is 19.0 Å². The van der Waals surface area contributed by atoms with Crippen LogP contribution in [0.1, 0.15) is 45.5 Å². The maximum Gasteiger partial charge on any atom is 0.350 e. The summed E-state index contributed by atoms with van der Waals surface area (Å²) in [5.74, 6) is -0.712. The summed E-state index contributed by atoms with van der Waals surface area (Å²) < 4.78 is 10.1. The number of nitrogens with zero attached hydrogens (tertiary/aromatic N) is 1. The number of aryl methyl sites for hydroxylation is 1. The SMILES string of the molecule is CCOC(=O)c1sc(NC(=O)CCC(=O)c2cc(Cl)ccc2OC)nc1C. The van der Waals surface area contributed by atoms with Crippen molar-refractivity contribution in [3.05, 3.63) is 39.4 Å². The highest BCUT2D eigenvalue weighted by Crippen LogP contribution is 2.25. The molecule has 0 unspecified atom stereocenters. The minimum Gasteiger partial charge on any atom is -0.496 e. The Kier molecular flexibility index (Phi) is 7.32. The van der Waals surface area contributed by atoms with Crippen LogP contribution in [0.2, 0.25) is 5.02 Å². The molecule has 0 bridgehead atoms. The molecule has 0 aliphatic carbocycles. The number of esters is 1. The van der Waals surface area contributed by atoms with Crippen molar-refractivity contribution in [3.63, 3.8) is 0 Å². The molecule has 1 aromatic carbocycles. The second kappa shape index (κ2) is 9.48. The second-order valence-electron chi connectivity index (χ2n) is 5.47. The van der Waals surface area contributed by atoms with Crippen LogP contribution in [-0.2, 0) is 9.53 Å². The lowest BCUT2D eigenvalue weighted by Gasteiger charge is -2.08. The van der Waals surface area contributed by atoms with Gasteiger partial charge in [-0.2, -0.15) is 0 Å². The summed E-state index contributed by atoms with van der Waals surface area (Å²) in [6.45, 7) is 3.63. The van der Waals surface area contributed by atoms with Crippen molar-refractivity contribution in [3.8, 4) is 5.75 Å². The number of hydrogen-bond donors (Lipinski definition) is 1. The van der Waals surface area contributed by atoms with Crippen molar-refractivity contribution >= 4 is 45.7 Å². The van der Waals surface area contributed by atoms with Crippen LogP contribution in [0.3, 0.4) is 0 Å². The van der Waals surface area contributed by atoms with Gasteiger partial charge in [-0.05, 0) is 32.0 Å². The third kappa shape index (κ3) is 5.51. The molecule has 1 aromatic heterocycles. The summed E-state index contributed by atoms with van der Waals surface area (Å²) in [5.41, 5.74) is 0.806. The first-order valence-electron chi connectivity index (χ1n) is 8.16. The number of rotatable bonds is 8. The van der Waals surface area contributed by atoms with Gasteiger partial charge in [-0.3, -0.25) is 9.59 Å². The highest BCUT2D eigenvalue weighted by atomic mass is 35.5. The molecule has 0 aliphatic rings. The number of ketones is 1. The van der Waals surface area contributed by atoms with E-state index in [1.807, 2.05) is 0 Å². The molecule has 0 saturated carbocycles. The van der Waals surface area contributed by atoms with Gasteiger partial charge in [-0.15, -0.1) is 0 Å². The Morgan fingerprint density at radius 1 is 1.26 bits per heavy atom. The van der Waals surface area contributed by atoms with Gasteiger partial charge in [0.25, 0.3) is 0 Å². The standard InChI is InChI=1S/C18H19ClN2O5S/c1-4-26-17(24)16-10(2)20-18(27-16)21-15(23)8-6-13(22)12-9-11(19)5-7-14(12)25-3/h5,7,9H,4,6,8H2,1-3H3,(H,20,21,23). The van der Waals surface area contributed by atoms with E-state index in [0.717, 1.165) is 11.3 Å². The summed E-state index contributed by atoms with van der Waals surface area (Å²) in [7, 11) is 1.46. The number of ether oxygens (including phenoxy) is 2. The topological polar surface area (TPSA) is 94.6 Å². The number of aromatic nitrogens is 1. The fourth-order valence-electron chi connectivity index (χ4n) is 2.28. The zero-order chi connectivity index (χ0) is 20.0. The van der Waals surface area contributed by atoms with Crippen molar-refractivity contribution in [1.29, 1.82) is 0 Å². The maximum atomic E-state index is 12.4. The van der Waals surface area contributed by atoms with Gasteiger partial charge in [-0.25, -0.2) is 9.78 Å². The Bertz CT molecular complexity index is 865. The van der Waals surface area contributed by atoms with Gasteiger partial charge in [0.15, 0.2) is 10.9 Å². The average molecular weight is 411 g/mol. The predicted molar refractivity (Wildman–Crippen MR) is 103 cm³/mol. The molecule has 1 N–H and O–H groups in total. The average Bonchev–Trinajstić information content (AvgIpc) is 3.00. The third-order valence-corrected chi connectivity index (χ3v) is 4.83. The number of amides is 1. The number of anilines is 1. The molecule has 1 heterocycles. The molecule has 1 amide bonds. The summed E-state index contributed by atoms with van der Waals surface area (Å²) in [6.07, 6.45) is -0.0561. The quantitative estimate of drug-likeness (QED) is 0.524. The van der Waals surface area contributed by atoms with Gasteiger partial charge in [0.2, 0.25) is 5.91 Å². The maximum absolute atomic E-state index is 12.4. The van der Waals surface area contributed by atoms with Gasteiger partial charge in [0.05, 0.1) is 25.0 Å². The number of methoxy groups -OCH3 is 1. The number of Topliss-reactive ketones (excluding diaryl/α,β-unsaturated/α-hetero) is 1. The molecule has 0 radical (unpaired) electrons. The molecular weight excluding hydrogens is 392 g/mol. The van der Waals surface area contributed by atoms with Crippen LogP contribution < -0.4 is 10.1 Å². The first-order valence-corrected chi connectivity index (χ1v) is 9.36. The normalized spacial score (nSPS) is 10.4. The summed E-state index contributed by atoms with van der Waals surface area (Å²) >= 11 is 6.96. The number of hydrogen-bond acceptors (Lipinski definition) is 7. The summed E-state index contributed by atoms with van der Waals surface area (Å²) in [6, 6.07) is 4.73. The van der Waals surface area contributed by atoms with Crippen molar-refractivity contribution in [2.24, 2.45) is 0 Å². The van der Waals surface area contributed by atoms with E-state index in [-0.39, 0.29) is 36.3 Å². The number of thiazole rings is 1. The summed E-state index contributed by atoms with van der Waals surface area (Å²) in [4.78, 5) is 40.7. The zero-order valence-electron chi connectivity index (χ0n) is 15.1. The van der Waals surface area contributed by atoms with Gasteiger partial charge in [0.1, 0.15) is 10.6 Å². The number of carbonyl (C=O) groups is 3. The minimum absolute atomic E-state index is 0.0162. The third-order valence-electron chi connectivity index (χ3n) is 3.54. The van der Waals surface area contributed by atoms with Gasteiger partial charge in [0, 0.05) is 17.9 Å². The lowest BCUT2D eigenvalue weighted by Crippen LogP contribution is -2.13. The van der Waals surface area contributed by atoms with Crippen molar-refractivity contribution in [2.45, 2.75) is 26.7 Å². The monoisotopic (exact) mass is 410 g/mol. The van der Waals surface area contributed by atoms with E-state index in [0.29, 0.717) is 26.9 Å². The van der Waals surface area contributed by atoms with E-state index in [4.69, 9.17) is 21.1 Å². The van der Waals surface area contributed by atoms with Crippen LogP contribution in [-0.4, -0.2) is 36.4 Å². The molecule has 144 valence electrons.